The standard InChI is InChI=1S/C7H5ClN4O/c8-5-1-2-12-7(11-5)4(3-10-12)6(9)13/h1-3H,(H2,9,13). The Morgan fingerprint density at radius 2 is 2.38 bits per heavy atom. The van der Waals surface area contributed by atoms with Crippen LogP contribution in [0.25, 0.3) is 5.65 Å². The van der Waals surface area contributed by atoms with Crippen molar-refractivity contribution in [3.05, 3.63) is 29.2 Å². The highest BCUT2D eigenvalue weighted by Crippen LogP contribution is 2.10. The van der Waals surface area contributed by atoms with E-state index < -0.39 is 5.91 Å². The minimum atomic E-state index is -0.565. The van der Waals surface area contributed by atoms with Gasteiger partial charge in [0.1, 0.15) is 10.7 Å². The first kappa shape index (κ1) is 8.00. The Bertz CT molecular complexity index is 478. The number of carbonyl (C=O) groups excluding carboxylic acids is 1. The summed E-state index contributed by atoms with van der Waals surface area (Å²) in [7, 11) is 0. The topological polar surface area (TPSA) is 73.3 Å². The zero-order chi connectivity index (χ0) is 9.42. The minimum Gasteiger partial charge on any atom is -0.365 e. The summed E-state index contributed by atoms with van der Waals surface area (Å²) in [6, 6.07) is 1.58. The van der Waals surface area contributed by atoms with E-state index in [-0.39, 0.29) is 5.56 Å². The van der Waals surface area contributed by atoms with Gasteiger partial charge >= 0.3 is 0 Å². The molecule has 0 saturated heterocycles. The van der Waals surface area contributed by atoms with Crippen LogP contribution in [0, 0.1) is 0 Å². The van der Waals surface area contributed by atoms with Gasteiger partial charge in [0, 0.05) is 6.20 Å². The van der Waals surface area contributed by atoms with Gasteiger partial charge in [-0.3, -0.25) is 4.79 Å². The van der Waals surface area contributed by atoms with Gasteiger partial charge in [-0.2, -0.15) is 5.10 Å². The molecule has 66 valence electrons. The van der Waals surface area contributed by atoms with Gasteiger partial charge in [0.2, 0.25) is 0 Å². The summed E-state index contributed by atoms with van der Waals surface area (Å²) in [6.07, 6.45) is 2.97. The Hall–Kier alpha value is -1.62. The molecule has 0 fully saturated rings. The van der Waals surface area contributed by atoms with Crippen molar-refractivity contribution in [2.75, 3.05) is 0 Å². The van der Waals surface area contributed by atoms with Gasteiger partial charge in [-0.1, -0.05) is 11.6 Å². The van der Waals surface area contributed by atoms with Crippen molar-refractivity contribution in [1.29, 1.82) is 0 Å². The van der Waals surface area contributed by atoms with Crippen molar-refractivity contribution in [3.63, 3.8) is 0 Å². The van der Waals surface area contributed by atoms with Gasteiger partial charge in [0.25, 0.3) is 5.91 Å². The third kappa shape index (κ3) is 1.23. The highest BCUT2D eigenvalue weighted by molar-refractivity contribution is 6.29. The number of fused-ring (bicyclic) bond motifs is 1. The molecule has 0 aliphatic rings. The Morgan fingerprint density at radius 3 is 3.08 bits per heavy atom. The molecule has 0 spiro atoms. The summed E-state index contributed by atoms with van der Waals surface area (Å²) < 4.78 is 1.44. The van der Waals surface area contributed by atoms with Gasteiger partial charge < -0.3 is 5.73 Å². The van der Waals surface area contributed by atoms with Gasteiger partial charge in [-0.05, 0) is 6.07 Å². The Morgan fingerprint density at radius 1 is 1.62 bits per heavy atom. The second-order valence-electron chi connectivity index (χ2n) is 2.44. The summed E-state index contributed by atoms with van der Waals surface area (Å²) in [5.74, 6) is -0.565. The maximum Gasteiger partial charge on any atom is 0.254 e. The zero-order valence-electron chi connectivity index (χ0n) is 6.44. The second kappa shape index (κ2) is 2.70. The zero-order valence-corrected chi connectivity index (χ0v) is 7.19. The fourth-order valence-electron chi connectivity index (χ4n) is 1.02. The van der Waals surface area contributed by atoms with Gasteiger partial charge in [0.05, 0.1) is 6.20 Å². The maximum absolute atomic E-state index is 10.9. The molecule has 0 aromatic carbocycles. The molecular formula is C7H5ClN4O. The quantitative estimate of drug-likeness (QED) is 0.675. The molecule has 0 atom stereocenters. The first-order valence-corrected chi connectivity index (χ1v) is 3.86. The molecule has 2 N–H and O–H groups in total. The molecule has 2 aromatic rings. The lowest BCUT2D eigenvalue weighted by molar-refractivity contribution is 0.100. The van der Waals surface area contributed by atoms with Crippen molar-refractivity contribution in [3.8, 4) is 0 Å². The highest BCUT2D eigenvalue weighted by atomic mass is 35.5. The predicted molar refractivity (Wildman–Crippen MR) is 46.5 cm³/mol. The van der Waals surface area contributed by atoms with Crippen LogP contribution in [0.3, 0.4) is 0 Å². The fourth-order valence-corrected chi connectivity index (χ4v) is 1.16. The van der Waals surface area contributed by atoms with E-state index in [4.69, 9.17) is 17.3 Å². The van der Waals surface area contributed by atoms with E-state index in [2.05, 4.69) is 10.1 Å². The largest absolute Gasteiger partial charge is 0.365 e. The fraction of sp³-hybridized carbons (Fsp3) is 0. The van der Waals surface area contributed by atoms with Crippen LogP contribution in [-0.2, 0) is 0 Å². The summed E-state index contributed by atoms with van der Waals surface area (Å²) in [5, 5.41) is 4.18. The maximum atomic E-state index is 10.9. The molecule has 1 amide bonds. The van der Waals surface area contributed by atoms with Crippen LogP contribution in [0.5, 0.6) is 0 Å². The summed E-state index contributed by atoms with van der Waals surface area (Å²) in [5.41, 5.74) is 5.74. The van der Waals surface area contributed by atoms with Crippen LogP contribution in [0.4, 0.5) is 0 Å². The summed E-state index contributed by atoms with van der Waals surface area (Å²) in [6.45, 7) is 0. The number of aromatic nitrogens is 3. The van der Waals surface area contributed by atoms with Crippen LogP contribution in [0.15, 0.2) is 18.5 Å². The smallest absolute Gasteiger partial charge is 0.254 e. The van der Waals surface area contributed by atoms with Crippen molar-refractivity contribution >= 4 is 23.2 Å². The molecule has 6 heteroatoms. The molecule has 0 bridgehead atoms. The molecule has 0 radical (unpaired) electrons. The third-order valence-corrected chi connectivity index (χ3v) is 1.81. The number of nitrogens with two attached hydrogens (primary N) is 1. The molecule has 0 unspecified atom stereocenters. The molecule has 5 nitrogen and oxygen atoms in total. The van der Waals surface area contributed by atoms with E-state index in [1.807, 2.05) is 0 Å². The number of primary amides is 1. The Balaban J connectivity index is 2.79. The SMILES string of the molecule is NC(=O)c1cnn2ccc(Cl)nc12. The van der Waals surface area contributed by atoms with Crippen LogP contribution < -0.4 is 5.73 Å². The molecule has 0 aliphatic heterocycles. The molecule has 0 aliphatic carbocycles. The van der Waals surface area contributed by atoms with Crippen LogP contribution in [0.1, 0.15) is 10.4 Å². The van der Waals surface area contributed by atoms with Crippen LogP contribution >= 0.6 is 11.6 Å². The molecule has 2 heterocycles. The molecular weight excluding hydrogens is 192 g/mol. The van der Waals surface area contributed by atoms with Crippen molar-refractivity contribution in [2.24, 2.45) is 5.73 Å². The lowest BCUT2D eigenvalue weighted by atomic mass is 10.3. The minimum absolute atomic E-state index is 0.266. The Kier molecular flexibility index (Phi) is 1.66. The van der Waals surface area contributed by atoms with Crippen molar-refractivity contribution < 1.29 is 4.79 Å². The third-order valence-electron chi connectivity index (χ3n) is 1.60. The average Bonchev–Trinajstić information content (AvgIpc) is 2.46. The molecule has 2 aromatic heterocycles. The highest BCUT2D eigenvalue weighted by Gasteiger charge is 2.10. The van der Waals surface area contributed by atoms with Crippen molar-refractivity contribution in [2.45, 2.75) is 0 Å². The molecule has 2 rings (SSSR count). The van der Waals surface area contributed by atoms with E-state index in [9.17, 15) is 4.79 Å². The predicted octanol–water partition coefficient (Wildman–Crippen LogP) is 0.482. The van der Waals surface area contributed by atoms with E-state index in [0.29, 0.717) is 10.8 Å². The Labute approximate surface area is 78.1 Å². The molecule has 0 saturated carbocycles. The summed E-state index contributed by atoms with van der Waals surface area (Å²) in [4.78, 5) is 14.8. The van der Waals surface area contributed by atoms with Crippen molar-refractivity contribution in [1.82, 2.24) is 14.6 Å². The van der Waals surface area contributed by atoms with Gasteiger partial charge in [-0.15, -0.1) is 0 Å². The monoisotopic (exact) mass is 196 g/mol. The number of amides is 1. The first-order chi connectivity index (χ1) is 6.18. The van der Waals surface area contributed by atoms with E-state index in [1.54, 1.807) is 12.3 Å². The normalized spacial score (nSPS) is 10.5. The van der Waals surface area contributed by atoms with Crippen LogP contribution in [0.2, 0.25) is 5.15 Å². The van der Waals surface area contributed by atoms with Gasteiger partial charge in [0.15, 0.2) is 5.65 Å². The summed E-state index contributed by atoms with van der Waals surface area (Å²) >= 11 is 5.65. The number of hydrogen-bond acceptors (Lipinski definition) is 3. The van der Waals surface area contributed by atoms with Crippen LogP contribution in [-0.4, -0.2) is 20.5 Å². The van der Waals surface area contributed by atoms with E-state index in [0.717, 1.165) is 0 Å². The number of hydrogen-bond donors (Lipinski definition) is 1. The second-order valence-corrected chi connectivity index (χ2v) is 2.83. The number of nitrogens with zero attached hydrogens (tertiary/aromatic N) is 3. The van der Waals surface area contributed by atoms with E-state index >= 15 is 0 Å². The number of carbonyl (C=O) groups is 1. The lowest BCUT2D eigenvalue weighted by Gasteiger charge is -1.93. The lowest BCUT2D eigenvalue weighted by Crippen LogP contribution is -2.10. The van der Waals surface area contributed by atoms with Gasteiger partial charge in [-0.25, -0.2) is 9.50 Å². The van der Waals surface area contributed by atoms with E-state index in [1.165, 1.54) is 10.7 Å². The average molecular weight is 197 g/mol. The number of rotatable bonds is 1. The first-order valence-electron chi connectivity index (χ1n) is 3.48. The number of halogens is 1. The molecule has 13 heavy (non-hydrogen) atoms.